The molecule has 0 atom stereocenters. The predicted octanol–water partition coefficient (Wildman–Crippen LogP) is 3.42. The van der Waals surface area contributed by atoms with Crippen LogP contribution in [0.3, 0.4) is 0 Å². The van der Waals surface area contributed by atoms with Gasteiger partial charge in [-0.05, 0) is 43.5 Å². The second kappa shape index (κ2) is 7.37. The summed E-state index contributed by atoms with van der Waals surface area (Å²) in [5, 5.41) is 10.0. The molecule has 2 aromatic heterocycles. The number of amides is 1. The van der Waals surface area contributed by atoms with Crippen LogP contribution in [0.15, 0.2) is 36.5 Å². The maximum atomic E-state index is 12.8. The van der Waals surface area contributed by atoms with Gasteiger partial charge in [-0.25, -0.2) is 9.78 Å². The molecule has 30 heavy (non-hydrogen) atoms. The van der Waals surface area contributed by atoms with Crippen molar-refractivity contribution in [2.24, 2.45) is 0 Å². The van der Waals surface area contributed by atoms with Crippen LogP contribution in [-0.4, -0.2) is 58.1 Å². The molecule has 2 aliphatic heterocycles. The number of hydrogen-bond donors (Lipinski definition) is 2. The Morgan fingerprint density at radius 1 is 1.07 bits per heavy atom. The molecule has 0 unspecified atom stereocenters. The number of aromatic amines is 1. The third-order valence-corrected chi connectivity index (χ3v) is 5.70. The lowest BCUT2D eigenvalue weighted by molar-refractivity contribution is 0.0689. The number of fused-ring (bicyclic) bond motifs is 2. The average Bonchev–Trinajstić information content (AvgIpc) is 3.22. The van der Waals surface area contributed by atoms with Crippen LogP contribution in [-0.2, 0) is 0 Å². The number of carbonyl (C=O) groups is 2. The molecule has 0 aliphatic carbocycles. The van der Waals surface area contributed by atoms with Crippen LogP contribution in [0.1, 0.15) is 40.1 Å². The fourth-order valence-electron chi connectivity index (χ4n) is 4.15. The molecule has 2 N–H and O–H groups in total. The monoisotopic (exact) mass is 406 g/mol. The minimum atomic E-state index is -0.989. The van der Waals surface area contributed by atoms with Gasteiger partial charge in [-0.1, -0.05) is 6.07 Å². The third kappa shape index (κ3) is 3.24. The van der Waals surface area contributed by atoms with Gasteiger partial charge in [0.2, 0.25) is 0 Å². The average molecular weight is 406 g/mol. The standard InChI is InChI=1S/C22H22N4O4/c27-21(25-6-2-1-3-7-25)15-11-19-20(23-13-15)26(8-9-30-19)16-5-4-14-10-18(22(28)29)24-17(14)12-16/h4-5,10-13,24H,1-3,6-9H2,(H,28,29). The lowest BCUT2D eigenvalue weighted by Gasteiger charge is -2.31. The highest BCUT2D eigenvalue weighted by Gasteiger charge is 2.25. The zero-order valence-electron chi connectivity index (χ0n) is 16.4. The number of carboxylic acids is 1. The van der Waals surface area contributed by atoms with Crippen molar-refractivity contribution < 1.29 is 19.4 Å². The first kappa shape index (κ1) is 18.5. The molecule has 4 heterocycles. The van der Waals surface area contributed by atoms with E-state index in [1.54, 1.807) is 18.3 Å². The van der Waals surface area contributed by atoms with Gasteiger partial charge in [0, 0.05) is 35.9 Å². The van der Waals surface area contributed by atoms with Crippen LogP contribution in [0.2, 0.25) is 0 Å². The molecule has 0 spiro atoms. The van der Waals surface area contributed by atoms with Crippen LogP contribution in [0.4, 0.5) is 11.5 Å². The van der Waals surface area contributed by atoms with E-state index >= 15 is 0 Å². The van der Waals surface area contributed by atoms with E-state index in [0.29, 0.717) is 30.3 Å². The van der Waals surface area contributed by atoms with Gasteiger partial charge in [-0.2, -0.15) is 0 Å². The number of aromatic nitrogens is 2. The highest BCUT2D eigenvalue weighted by Crippen LogP contribution is 2.36. The number of carbonyl (C=O) groups excluding carboxylic acids is 1. The maximum Gasteiger partial charge on any atom is 0.352 e. The molecule has 0 radical (unpaired) electrons. The number of hydrogen-bond acceptors (Lipinski definition) is 5. The van der Waals surface area contributed by atoms with Gasteiger partial charge in [0.05, 0.1) is 12.1 Å². The summed E-state index contributed by atoms with van der Waals surface area (Å²) in [6.07, 6.45) is 4.87. The van der Waals surface area contributed by atoms with Crippen molar-refractivity contribution in [2.75, 3.05) is 31.1 Å². The van der Waals surface area contributed by atoms with Gasteiger partial charge in [0.25, 0.3) is 5.91 Å². The van der Waals surface area contributed by atoms with Gasteiger partial charge >= 0.3 is 5.97 Å². The zero-order valence-corrected chi connectivity index (χ0v) is 16.4. The lowest BCUT2D eigenvalue weighted by Crippen LogP contribution is -2.36. The highest BCUT2D eigenvalue weighted by molar-refractivity contribution is 5.96. The molecular formula is C22H22N4O4. The molecule has 154 valence electrons. The smallest absolute Gasteiger partial charge is 0.352 e. The van der Waals surface area contributed by atoms with Crippen LogP contribution in [0.25, 0.3) is 10.9 Å². The Labute approximate surface area is 173 Å². The second-order valence-electron chi connectivity index (χ2n) is 7.66. The van der Waals surface area contributed by atoms with Crippen molar-refractivity contribution in [3.8, 4) is 5.75 Å². The van der Waals surface area contributed by atoms with Crippen molar-refractivity contribution in [3.63, 3.8) is 0 Å². The van der Waals surface area contributed by atoms with Crippen LogP contribution in [0.5, 0.6) is 5.75 Å². The van der Waals surface area contributed by atoms with Crippen molar-refractivity contribution >= 4 is 34.3 Å². The van der Waals surface area contributed by atoms with Gasteiger partial charge in [-0.15, -0.1) is 0 Å². The van der Waals surface area contributed by atoms with Crippen LogP contribution >= 0.6 is 0 Å². The molecule has 3 aromatic rings. The third-order valence-electron chi connectivity index (χ3n) is 5.70. The molecule has 8 heteroatoms. The largest absolute Gasteiger partial charge is 0.488 e. The zero-order chi connectivity index (χ0) is 20.7. The number of nitrogens with zero attached hydrogens (tertiary/aromatic N) is 3. The summed E-state index contributed by atoms with van der Waals surface area (Å²) in [7, 11) is 0. The van der Waals surface area contributed by atoms with E-state index in [1.165, 1.54) is 6.42 Å². The van der Waals surface area contributed by atoms with Crippen molar-refractivity contribution in [2.45, 2.75) is 19.3 Å². The van der Waals surface area contributed by atoms with Crippen molar-refractivity contribution in [3.05, 3.63) is 47.8 Å². The van der Waals surface area contributed by atoms with E-state index in [1.807, 2.05) is 28.0 Å². The molecule has 8 nitrogen and oxygen atoms in total. The number of rotatable bonds is 3. The molecule has 1 saturated heterocycles. The van der Waals surface area contributed by atoms with Crippen LogP contribution < -0.4 is 9.64 Å². The Balaban J connectivity index is 1.46. The molecule has 1 fully saturated rings. The number of likely N-dealkylation sites (tertiary alicyclic amines) is 1. The van der Waals surface area contributed by atoms with Crippen LogP contribution in [0, 0.1) is 0 Å². The van der Waals surface area contributed by atoms with Gasteiger partial charge in [0.1, 0.15) is 12.3 Å². The predicted molar refractivity (Wildman–Crippen MR) is 112 cm³/mol. The van der Waals surface area contributed by atoms with Crippen molar-refractivity contribution in [1.29, 1.82) is 0 Å². The summed E-state index contributed by atoms with van der Waals surface area (Å²) >= 11 is 0. The quantitative estimate of drug-likeness (QED) is 0.692. The fraction of sp³-hybridized carbons (Fsp3) is 0.318. The number of anilines is 2. The van der Waals surface area contributed by atoms with E-state index in [4.69, 9.17) is 4.74 Å². The van der Waals surface area contributed by atoms with Crippen molar-refractivity contribution in [1.82, 2.24) is 14.9 Å². The summed E-state index contributed by atoms with van der Waals surface area (Å²) < 4.78 is 5.82. The summed E-state index contributed by atoms with van der Waals surface area (Å²) in [6.45, 7) is 2.66. The number of aromatic carboxylic acids is 1. The minimum Gasteiger partial charge on any atom is -0.488 e. The topological polar surface area (TPSA) is 98.8 Å². The molecule has 0 saturated carbocycles. The molecular weight excluding hydrogens is 384 g/mol. The summed E-state index contributed by atoms with van der Waals surface area (Å²) in [4.78, 5) is 35.4. The number of nitrogens with one attached hydrogen (secondary N) is 1. The number of piperidine rings is 1. The summed E-state index contributed by atoms with van der Waals surface area (Å²) in [6, 6.07) is 9.13. The molecule has 2 aliphatic rings. The Kier molecular flexibility index (Phi) is 4.54. The molecule has 5 rings (SSSR count). The molecule has 0 bridgehead atoms. The SMILES string of the molecule is O=C(O)c1cc2ccc(N3CCOc4cc(C(=O)N5CCCCC5)cnc43)cc2[nH]1. The van der Waals surface area contributed by atoms with E-state index in [2.05, 4.69) is 9.97 Å². The number of ether oxygens (including phenoxy) is 1. The summed E-state index contributed by atoms with van der Waals surface area (Å²) in [5.41, 5.74) is 2.33. The second-order valence-corrected chi connectivity index (χ2v) is 7.66. The fourth-order valence-corrected chi connectivity index (χ4v) is 4.15. The molecule has 1 amide bonds. The van der Waals surface area contributed by atoms with Gasteiger partial charge in [-0.3, -0.25) is 4.79 Å². The first-order chi connectivity index (χ1) is 14.6. The lowest BCUT2D eigenvalue weighted by atomic mass is 10.1. The number of carboxylic acid groups (broad SMARTS) is 1. The maximum absolute atomic E-state index is 12.8. The number of benzene rings is 1. The Hall–Kier alpha value is -3.55. The normalized spacial score (nSPS) is 16.3. The van der Waals surface area contributed by atoms with Gasteiger partial charge < -0.3 is 24.6 Å². The Morgan fingerprint density at radius 3 is 2.70 bits per heavy atom. The van der Waals surface area contributed by atoms with E-state index < -0.39 is 5.97 Å². The van der Waals surface area contributed by atoms with E-state index in [9.17, 15) is 14.7 Å². The Morgan fingerprint density at radius 2 is 1.90 bits per heavy atom. The Bertz CT molecular complexity index is 1130. The number of pyridine rings is 1. The first-order valence-electron chi connectivity index (χ1n) is 10.2. The van der Waals surface area contributed by atoms with E-state index in [0.717, 1.165) is 42.5 Å². The molecule has 1 aromatic carbocycles. The number of H-pyrrole nitrogens is 1. The minimum absolute atomic E-state index is 0.000251. The van der Waals surface area contributed by atoms with E-state index in [-0.39, 0.29) is 11.6 Å². The summed E-state index contributed by atoms with van der Waals surface area (Å²) in [5.74, 6) is 0.250. The van der Waals surface area contributed by atoms with Gasteiger partial charge in [0.15, 0.2) is 11.6 Å². The first-order valence-corrected chi connectivity index (χ1v) is 10.2. The highest BCUT2D eigenvalue weighted by atomic mass is 16.5.